The van der Waals surface area contributed by atoms with Crippen LogP contribution < -0.4 is 16.0 Å². The fourth-order valence-corrected chi connectivity index (χ4v) is 3.73. The third-order valence-corrected chi connectivity index (χ3v) is 5.80. The molecule has 35 heavy (non-hydrogen) atoms. The Balaban J connectivity index is 1.73. The van der Waals surface area contributed by atoms with Crippen molar-refractivity contribution in [2.45, 2.75) is 32.5 Å². The second-order valence-corrected chi connectivity index (χ2v) is 8.85. The first-order chi connectivity index (χ1) is 16.9. The molecule has 0 aliphatic carbocycles. The molecule has 0 heterocycles. The lowest BCUT2D eigenvalue weighted by Gasteiger charge is -2.22. The van der Waals surface area contributed by atoms with Crippen molar-refractivity contribution in [2.75, 3.05) is 0 Å². The van der Waals surface area contributed by atoms with Gasteiger partial charge in [-0.15, -0.1) is 0 Å². The molecule has 0 aromatic heterocycles. The van der Waals surface area contributed by atoms with Crippen LogP contribution >= 0.6 is 12.2 Å². The van der Waals surface area contributed by atoms with Gasteiger partial charge in [-0.2, -0.15) is 0 Å². The highest BCUT2D eigenvalue weighted by Crippen LogP contribution is 2.12. The molecule has 3 rings (SSSR count). The van der Waals surface area contributed by atoms with E-state index in [2.05, 4.69) is 16.0 Å². The third-order valence-electron chi connectivity index (χ3n) is 5.52. The Hall–Kier alpha value is -3.84. The van der Waals surface area contributed by atoms with Gasteiger partial charge in [0.15, 0.2) is 6.04 Å². The van der Waals surface area contributed by atoms with E-state index in [1.165, 1.54) is 0 Å². The third kappa shape index (κ3) is 8.15. The topological polar surface area (TPSA) is 87.3 Å². The first-order valence-electron chi connectivity index (χ1n) is 11.4. The smallest absolute Gasteiger partial charge is 0.252 e. The van der Waals surface area contributed by atoms with Gasteiger partial charge in [0.1, 0.15) is 0 Å². The first kappa shape index (κ1) is 25.8. The summed E-state index contributed by atoms with van der Waals surface area (Å²) in [7, 11) is 0. The van der Waals surface area contributed by atoms with Crippen LogP contribution in [-0.2, 0) is 33.9 Å². The molecule has 0 saturated carbocycles. The van der Waals surface area contributed by atoms with Gasteiger partial charge in [0.05, 0.1) is 5.92 Å². The van der Waals surface area contributed by atoms with Crippen molar-refractivity contribution in [1.82, 2.24) is 16.0 Å². The van der Waals surface area contributed by atoms with Crippen LogP contribution in [-0.4, -0.2) is 28.6 Å². The molecule has 3 aromatic carbocycles. The maximum absolute atomic E-state index is 13.2. The molecular weight excluding hydrogens is 458 g/mol. The number of benzene rings is 3. The van der Waals surface area contributed by atoms with Gasteiger partial charge in [0, 0.05) is 18.0 Å². The van der Waals surface area contributed by atoms with Gasteiger partial charge >= 0.3 is 0 Å². The van der Waals surface area contributed by atoms with Crippen LogP contribution in [0.3, 0.4) is 0 Å². The molecule has 1 unspecified atom stereocenters. The number of hydrogen-bond donors (Lipinski definition) is 3. The summed E-state index contributed by atoms with van der Waals surface area (Å²) < 4.78 is 0. The quantitative estimate of drug-likeness (QED) is 0.286. The van der Waals surface area contributed by atoms with E-state index in [1.54, 1.807) is 6.92 Å². The largest absolute Gasteiger partial charge is 0.350 e. The van der Waals surface area contributed by atoms with Gasteiger partial charge in [-0.05, 0) is 30.0 Å². The molecule has 0 radical (unpaired) electrons. The second kappa shape index (κ2) is 13.2. The number of thiocarbonyl (C=S) groups is 1. The molecule has 3 aromatic rings. The lowest BCUT2D eigenvalue weighted by atomic mass is 9.95. The number of amides is 3. The van der Waals surface area contributed by atoms with Crippen molar-refractivity contribution in [3.05, 3.63) is 108 Å². The Morgan fingerprint density at radius 1 is 0.657 bits per heavy atom. The molecule has 3 N–H and O–H groups in total. The van der Waals surface area contributed by atoms with E-state index in [9.17, 15) is 14.4 Å². The summed E-state index contributed by atoms with van der Waals surface area (Å²) in [6, 6.07) is 26.8. The van der Waals surface area contributed by atoms with E-state index in [4.69, 9.17) is 12.2 Å². The Bertz CT molecular complexity index is 1080. The summed E-state index contributed by atoms with van der Waals surface area (Å²) in [6.07, 6.45) is 0.381. The van der Waals surface area contributed by atoms with Crippen molar-refractivity contribution >= 4 is 34.8 Å². The average Bonchev–Trinajstić information content (AvgIpc) is 2.89. The standard InChI is InChI=1S/C28H29N3O3S/c1-20(35)24(17-21-11-5-2-6-12-21)26(32)31-25(27(33)29-18-22-13-7-3-8-14-22)28(34)30-19-23-15-9-4-10-16-23/h2-16,24-25H,17-19H2,1H3,(H,29,33)(H,30,34)(H,31,32). The lowest BCUT2D eigenvalue weighted by molar-refractivity contribution is -0.137. The van der Waals surface area contributed by atoms with Crippen LogP contribution in [0.1, 0.15) is 23.6 Å². The van der Waals surface area contributed by atoms with Gasteiger partial charge in [-0.1, -0.05) is 103 Å². The summed E-state index contributed by atoms with van der Waals surface area (Å²) >= 11 is 5.34. The lowest BCUT2D eigenvalue weighted by Crippen LogP contribution is -2.56. The Labute approximate surface area is 211 Å². The van der Waals surface area contributed by atoms with Crippen LogP contribution in [0.15, 0.2) is 91.0 Å². The van der Waals surface area contributed by atoms with E-state index in [1.807, 2.05) is 91.0 Å². The highest BCUT2D eigenvalue weighted by molar-refractivity contribution is 7.80. The van der Waals surface area contributed by atoms with E-state index in [-0.39, 0.29) is 13.1 Å². The summed E-state index contributed by atoms with van der Waals surface area (Å²) in [6.45, 7) is 2.16. The zero-order valence-corrected chi connectivity index (χ0v) is 20.4. The zero-order chi connectivity index (χ0) is 25.0. The Morgan fingerprint density at radius 2 is 1.06 bits per heavy atom. The highest BCUT2D eigenvalue weighted by Gasteiger charge is 2.31. The fraction of sp³-hybridized carbons (Fsp3) is 0.214. The summed E-state index contributed by atoms with van der Waals surface area (Å²) in [5.74, 6) is -2.30. The summed E-state index contributed by atoms with van der Waals surface area (Å²) in [5, 5.41) is 8.15. The number of hydrogen-bond acceptors (Lipinski definition) is 4. The molecule has 0 bridgehead atoms. The van der Waals surface area contributed by atoms with E-state index >= 15 is 0 Å². The van der Waals surface area contributed by atoms with Crippen molar-refractivity contribution in [1.29, 1.82) is 0 Å². The molecule has 0 aliphatic heterocycles. The first-order valence-corrected chi connectivity index (χ1v) is 11.8. The molecule has 180 valence electrons. The zero-order valence-electron chi connectivity index (χ0n) is 19.6. The molecule has 1 atom stereocenters. The van der Waals surface area contributed by atoms with Crippen LogP contribution in [0.4, 0.5) is 0 Å². The maximum Gasteiger partial charge on any atom is 0.252 e. The molecule has 0 aliphatic rings. The van der Waals surface area contributed by atoms with Crippen LogP contribution in [0.5, 0.6) is 0 Å². The van der Waals surface area contributed by atoms with Gasteiger partial charge in [-0.25, -0.2) is 0 Å². The number of carbonyl (C=O) groups excluding carboxylic acids is 3. The second-order valence-electron chi connectivity index (χ2n) is 8.20. The number of rotatable bonds is 11. The average molecular weight is 488 g/mol. The van der Waals surface area contributed by atoms with Crippen LogP contribution in [0.25, 0.3) is 0 Å². The molecule has 0 fully saturated rings. The van der Waals surface area contributed by atoms with Crippen LogP contribution in [0, 0.1) is 5.92 Å². The summed E-state index contributed by atoms with van der Waals surface area (Å²) in [4.78, 5) is 39.8. The maximum atomic E-state index is 13.2. The molecule has 7 heteroatoms. The van der Waals surface area contributed by atoms with Crippen molar-refractivity contribution in [3.8, 4) is 0 Å². The predicted octanol–water partition coefficient (Wildman–Crippen LogP) is 3.35. The van der Waals surface area contributed by atoms with Crippen LogP contribution in [0.2, 0.25) is 0 Å². The Kier molecular flexibility index (Phi) is 9.69. The van der Waals surface area contributed by atoms with Gasteiger partial charge in [-0.3, -0.25) is 14.4 Å². The minimum atomic E-state index is -1.40. The minimum absolute atomic E-state index is 0.234. The minimum Gasteiger partial charge on any atom is -0.350 e. The van der Waals surface area contributed by atoms with Gasteiger partial charge < -0.3 is 16.0 Å². The van der Waals surface area contributed by atoms with E-state index < -0.39 is 29.7 Å². The van der Waals surface area contributed by atoms with Crippen molar-refractivity contribution in [3.63, 3.8) is 0 Å². The molecule has 6 nitrogen and oxygen atoms in total. The molecule has 3 amide bonds. The predicted molar refractivity (Wildman–Crippen MR) is 140 cm³/mol. The molecule has 0 saturated heterocycles. The van der Waals surface area contributed by atoms with E-state index in [0.29, 0.717) is 11.3 Å². The van der Waals surface area contributed by atoms with Crippen molar-refractivity contribution < 1.29 is 14.4 Å². The molecular formula is C28H29N3O3S. The number of carbonyl (C=O) groups is 3. The SMILES string of the molecule is CC(=S)C(Cc1ccccc1)C(=O)NC(C(=O)NCc1ccccc1)C(=O)NCc1ccccc1. The van der Waals surface area contributed by atoms with Gasteiger partial charge in [0.2, 0.25) is 5.91 Å². The highest BCUT2D eigenvalue weighted by atomic mass is 32.1. The van der Waals surface area contributed by atoms with E-state index in [0.717, 1.165) is 16.7 Å². The van der Waals surface area contributed by atoms with Crippen molar-refractivity contribution in [2.24, 2.45) is 5.92 Å². The number of nitrogens with one attached hydrogen (secondary N) is 3. The van der Waals surface area contributed by atoms with Gasteiger partial charge in [0.25, 0.3) is 11.8 Å². The fourth-order valence-electron chi connectivity index (χ4n) is 3.54. The normalized spacial score (nSPS) is 11.4. The summed E-state index contributed by atoms with van der Waals surface area (Å²) in [5.41, 5.74) is 2.70. The monoisotopic (exact) mass is 487 g/mol. The Morgan fingerprint density at radius 3 is 1.46 bits per heavy atom. The molecule has 0 spiro atoms.